The highest BCUT2D eigenvalue weighted by molar-refractivity contribution is 5.88. The fraction of sp³-hybridized carbons (Fsp3) is 0.778. The Balaban J connectivity index is 2.95. The third-order valence-corrected chi connectivity index (χ3v) is 2.84. The van der Waals surface area contributed by atoms with Crippen LogP contribution >= 0.6 is 0 Å². The number of carbonyl (C=O) groups is 2. The van der Waals surface area contributed by atoms with E-state index in [4.69, 9.17) is 5.11 Å². The Bertz CT molecular complexity index is 247. The topological polar surface area (TPSA) is 57.6 Å². The smallest absolute Gasteiger partial charge is 0.309 e. The number of hydrogen-bond acceptors (Lipinski definition) is 2. The van der Waals surface area contributed by atoms with Gasteiger partial charge in [-0.3, -0.25) is 9.59 Å². The number of nitrogens with zero attached hydrogens (tertiary/aromatic N) is 1. The Morgan fingerprint density at radius 2 is 2.23 bits per heavy atom. The van der Waals surface area contributed by atoms with Gasteiger partial charge in [0.15, 0.2) is 0 Å². The molecule has 4 heteroatoms. The van der Waals surface area contributed by atoms with E-state index in [0.29, 0.717) is 6.54 Å². The molecule has 0 unspecified atom stereocenters. The van der Waals surface area contributed by atoms with E-state index in [0.717, 1.165) is 0 Å². The minimum absolute atomic E-state index is 0.0556. The van der Waals surface area contributed by atoms with Crippen molar-refractivity contribution in [3.8, 4) is 0 Å². The van der Waals surface area contributed by atoms with Crippen LogP contribution in [0.1, 0.15) is 27.2 Å². The monoisotopic (exact) mass is 185 g/mol. The summed E-state index contributed by atoms with van der Waals surface area (Å²) < 4.78 is 0. The summed E-state index contributed by atoms with van der Waals surface area (Å²) in [4.78, 5) is 23.9. The zero-order chi connectivity index (χ0) is 10.2. The summed E-state index contributed by atoms with van der Waals surface area (Å²) in [6.07, 6.45) is 0.135. The van der Waals surface area contributed by atoms with Crippen LogP contribution in [0.25, 0.3) is 0 Å². The first-order valence-corrected chi connectivity index (χ1v) is 4.44. The maximum atomic E-state index is 11.4. The van der Waals surface area contributed by atoms with Crippen molar-refractivity contribution in [3.63, 3.8) is 0 Å². The molecule has 1 rings (SSSR count). The van der Waals surface area contributed by atoms with Crippen molar-refractivity contribution >= 4 is 11.9 Å². The Hall–Kier alpha value is -1.06. The highest BCUT2D eigenvalue weighted by Crippen LogP contribution is 2.35. The van der Waals surface area contributed by atoms with Gasteiger partial charge in [0.2, 0.25) is 5.91 Å². The van der Waals surface area contributed by atoms with Gasteiger partial charge in [0.05, 0.1) is 11.5 Å². The molecule has 1 saturated heterocycles. The van der Waals surface area contributed by atoms with Crippen LogP contribution in [0.15, 0.2) is 0 Å². The Morgan fingerprint density at radius 3 is 2.46 bits per heavy atom. The first kappa shape index (κ1) is 10.0. The summed E-state index contributed by atoms with van der Waals surface area (Å²) in [5.74, 6) is -1.51. The van der Waals surface area contributed by atoms with E-state index in [1.54, 1.807) is 18.7 Å². The lowest BCUT2D eigenvalue weighted by Crippen LogP contribution is -2.45. The zero-order valence-corrected chi connectivity index (χ0v) is 8.20. The second-order valence-corrected chi connectivity index (χ2v) is 3.89. The molecule has 1 fully saturated rings. The van der Waals surface area contributed by atoms with Crippen LogP contribution < -0.4 is 0 Å². The number of carbonyl (C=O) groups excluding carboxylic acids is 1. The van der Waals surface area contributed by atoms with Crippen molar-refractivity contribution in [1.82, 2.24) is 4.90 Å². The average Bonchev–Trinajstić information content (AvgIpc) is 2.21. The van der Waals surface area contributed by atoms with E-state index in [-0.39, 0.29) is 12.3 Å². The van der Waals surface area contributed by atoms with Gasteiger partial charge >= 0.3 is 5.97 Å². The standard InChI is InChI=1S/C9H15NO3/c1-4-10-7(11)5-6(8(12)13)9(10,2)3/h6H,4-5H2,1-3H3,(H,12,13)/t6-/m0/s1. The summed E-state index contributed by atoms with van der Waals surface area (Å²) in [6, 6.07) is 0. The molecule has 0 aromatic rings. The molecule has 0 aromatic carbocycles. The summed E-state index contributed by atoms with van der Waals surface area (Å²) in [5, 5.41) is 8.90. The molecule has 0 aromatic heterocycles. The number of carboxylic acid groups (broad SMARTS) is 1. The normalized spacial score (nSPS) is 26.5. The van der Waals surface area contributed by atoms with Crippen molar-refractivity contribution in [2.75, 3.05) is 6.54 Å². The molecule has 0 spiro atoms. The van der Waals surface area contributed by atoms with E-state index in [1.807, 2.05) is 6.92 Å². The van der Waals surface area contributed by atoms with Crippen LogP contribution in [0.5, 0.6) is 0 Å². The molecule has 1 aliphatic rings. The van der Waals surface area contributed by atoms with Crippen molar-refractivity contribution in [3.05, 3.63) is 0 Å². The molecule has 1 N–H and O–H groups in total. The van der Waals surface area contributed by atoms with Crippen LogP contribution in [-0.2, 0) is 9.59 Å². The number of amides is 1. The molecule has 1 aliphatic heterocycles. The summed E-state index contributed by atoms with van der Waals surface area (Å²) in [7, 11) is 0. The van der Waals surface area contributed by atoms with Crippen LogP contribution in [0, 0.1) is 5.92 Å². The van der Waals surface area contributed by atoms with Crippen LogP contribution in [0.2, 0.25) is 0 Å². The molecule has 1 atom stereocenters. The molecule has 0 aliphatic carbocycles. The summed E-state index contributed by atoms with van der Waals surface area (Å²) in [6.45, 7) is 6.06. The second kappa shape index (κ2) is 3.01. The predicted molar refractivity (Wildman–Crippen MR) is 47.2 cm³/mol. The van der Waals surface area contributed by atoms with Gasteiger partial charge in [-0.05, 0) is 20.8 Å². The molecular weight excluding hydrogens is 170 g/mol. The number of carboxylic acids is 1. The molecule has 1 heterocycles. The van der Waals surface area contributed by atoms with Crippen molar-refractivity contribution < 1.29 is 14.7 Å². The zero-order valence-electron chi connectivity index (χ0n) is 8.20. The maximum absolute atomic E-state index is 11.4. The largest absolute Gasteiger partial charge is 0.481 e. The number of aliphatic carboxylic acids is 1. The first-order valence-electron chi connectivity index (χ1n) is 4.44. The first-order chi connectivity index (χ1) is 5.91. The lowest BCUT2D eigenvalue weighted by molar-refractivity contribution is -0.144. The highest BCUT2D eigenvalue weighted by atomic mass is 16.4. The molecule has 74 valence electrons. The number of hydrogen-bond donors (Lipinski definition) is 1. The highest BCUT2D eigenvalue weighted by Gasteiger charge is 2.48. The minimum atomic E-state index is -0.880. The van der Waals surface area contributed by atoms with Crippen LogP contribution in [-0.4, -0.2) is 34.0 Å². The lowest BCUT2D eigenvalue weighted by Gasteiger charge is -2.33. The molecule has 0 bridgehead atoms. The molecule has 4 nitrogen and oxygen atoms in total. The second-order valence-electron chi connectivity index (χ2n) is 3.89. The van der Waals surface area contributed by atoms with E-state index < -0.39 is 17.4 Å². The van der Waals surface area contributed by atoms with Crippen molar-refractivity contribution in [1.29, 1.82) is 0 Å². The molecular formula is C9H15NO3. The van der Waals surface area contributed by atoms with Gasteiger partial charge in [-0.25, -0.2) is 0 Å². The van der Waals surface area contributed by atoms with Crippen LogP contribution in [0.3, 0.4) is 0 Å². The number of rotatable bonds is 2. The predicted octanol–water partition coefficient (Wildman–Crippen LogP) is 0.718. The van der Waals surface area contributed by atoms with Crippen molar-refractivity contribution in [2.45, 2.75) is 32.7 Å². The minimum Gasteiger partial charge on any atom is -0.481 e. The molecule has 1 amide bonds. The van der Waals surface area contributed by atoms with Gasteiger partial charge in [-0.15, -0.1) is 0 Å². The molecule has 0 saturated carbocycles. The van der Waals surface area contributed by atoms with Gasteiger partial charge in [0.25, 0.3) is 0 Å². The van der Waals surface area contributed by atoms with Gasteiger partial charge < -0.3 is 10.0 Å². The van der Waals surface area contributed by atoms with E-state index in [2.05, 4.69) is 0 Å². The summed E-state index contributed by atoms with van der Waals surface area (Å²) in [5.41, 5.74) is -0.544. The van der Waals surface area contributed by atoms with Crippen LogP contribution in [0.4, 0.5) is 0 Å². The Labute approximate surface area is 77.5 Å². The fourth-order valence-electron chi connectivity index (χ4n) is 2.02. The van der Waals surface area contributed by atoms with Gasteiger partial charge in [-0.2, -0.15) is 0 Å². The van der Waals surface area contributed by atoms with Gasteiger partial charge in [-0.1, -0.05) is 0 Å². The number of likely N-dealkylation sites (tertiary alicyclic amines) is 1. The quantitative estimate of drug-likeness (QED) is 0.689. The fourth-order valence-corrected chi connectivity index (χ4v) is 2.02. The summed E-state index contributed by atoms with van der Waals surface area (Å²) >= 11 is 0. The Kier molecular flexibility index (Phi) is 2.32. The van der Waals surface area contributed by atoms with Gasteiger partial charge in [0, 0.05) is 13.0 Å². The average molecular weight is 185 g/mol. The molecule has 0 radical (unpaired) electrons. The lowest BCUT2D eigenvalue weighted by atomic mass is 9.88. The van der Waals surface area contributed by atoms with E-state index in [9.17, 15) is 9.59 Å². The third-order valence-electron chi connectivity index (χ3n) is 2.84. The SMILES string of the molecule is CCN1C(=O)C[C@@H](C(=O)O)C1(C)C. The van der Waals surface area contributed by atoms with Gasteiger partial charge in [0.1, 0.15) is 0 Å². The van der Waals surface area contributed by atoms with E-state index in [1.165, 1.54) is 0 Å². The maximum Gasteiger partial charge on any atom is 0.309 e. The van der Waals surface area contributed by atoms with E-state index >= 15 is 0 Å². The van der Waals surface area contributed by atoms with Crippen molar-refractivity contribution in [2.24, 2.45) is 5.92 Å². The third kappa shape index (κ3) is 1.41. The molecule has 13 heavy (non-hydrogen) atoms. The Morgan fingerprint density at radius 1 is 1.69 bits per heavy atom.